The fraction of sp³-hybridized carbons (Fsp3) is 0.217. The van der Waals surface area contributed by atoms with Crippen molar-refractivity contribution in [3.63, 3.8) is 0 Å². The maximum atomic E-state index is 13.1. The van der Waals surface area contributed by atoms with E-state index in [2.05, 4.69) is 46.4 Å². The summed E-state index contributed by atoms with van der Waals surface area (Å²) in [5.74, 6) is 0.00889. The molecule has 4 aromatic rings. The average Bonchev–Trinajstić information content (AvgIpc) is 3.04. The Balaban J connectivity index is 1.67. The molecule has 0 saturated heterocycles. The van der Waals surface area contributed by atoms with Crippen molar-refractivity contribution < 1.29 is 0 Å². The zero-order valence-corrected chi connectivity index (χ0v) is 16.1. The van der Waals surface area contributed by atoms with Gasteiger partial charge in [0, 0.05) is 31.3 Å². The Morgan fingerprint density at radius 2 is 1.13 bits per heavy atom. The fourth-order valence-corrected chi connectivity index (χ4v) is 5.96. The number of hydrogen-bond acceptors (Lipinski definition) is 4. The lowest BCUT2D eigenvalue weighted by molar-refractivity contribution is 0.165. The van der Waals surface area contributed by atoms with E-state index in [0.29, 0.717) is 0 Å². The lowest BCUT2D eigenvalue weighted by atomic mass is 9.61. The first-order valence-corrected chi connectivity index (χ1v) is 10.1. The van der Waals surface area contributed by atoms with Gasteiger partial charge < -0.3 is 0 Å². The molecule has 30 heavy (non-hydrogen) atoms. The number of aromatic nitrogens is 5. The molecule has 0 fully saturated rings. The first-order chi connectivity index (χ1) is 14.7. The summed E-state index contributed by atoms with van der Waals surface area (Å²) in [4.78, 5) is 35.6. The molecule has 2 aliphatic carbocycles. The van der Waals surface area contributed by atoms with Crippen molar-refractivity contribution in [2.75, 3.05) is 0 Å². The molecule has 2 bridgehead atoms. The average molecular weight is 395 g/mol. The standard InChI is InChI=1S/C23H17N5O2/c1-26-22(29)27-20-16-14-8-4-2-6-12(14)13-7-3-5-9-15(13)17(16)21(28(27)23(26)30)19-18(20)24-10-11-25-19/h2-11,16-17,20-21H,1H3/t16-,17+,20?,21?. The molecule has 4 heterocycles. The van der Waals surface area contributed by atoms with Gasteiger partial charge in [-0.3, -0.25) is 9.97 Å². The summed E-state index contributed by atoms with van der Waals surface area (Å²) in [6, 6.07) is 16.0. The van der Waals surface area contributed by atoms with Gasteiger partial charge >= 0.3 is 11.4 Å². The molecule has 2 aromatic carbocycles. The van der Waals surface area contributed by atoms with Crippen LogP contribution in [0.15, 0.2) is 70.5 Å². The van der Waals surface area contributed by atoms with Crippen LogP contribution in [0.1, 0.15) is 46.4 Å². The van der Waals surface area contributed by atoms with Crippen LogP contribution >= 0.6 is 0 Å². The van der Waals surface area contributed by atoms with Crippen molar-refractivity contribution >= 4 is 0 Å². The van der Waals surface area contributed by atoms with E-state index in [1.54, 1.807) is 28.8 Å². The highest BCUT2D eigenvalue weighted by molar-refractivity contribution is 5.76. The summed E-state index contributed by atoms with van der Waals surface area (Å²) in [5, 5.41) is 0. The molecule has 146 valence electrons. The first-order valence-electron chi connectivity index (χ1n) is 10.1. The molecular weight excluding hydrogens is 378 g/mol. The summed E-state index contributed by atoms with van der Waals surface area (Å²) < 4.78 is 4.44. The minimum atomic E-state index is -0.375. The van der Waals surface area contributed by atoms with Crippen LogP contribution in [0.5, 0.6) is 0 Å². The van der Waals surface area contributed by atoms with Crippen LogP contribution in [-0.2, 0) is 7.05 Å². The second kappa shape index (κ2) is 5.24. The Kier molecular flexibility index (Phi) is 2.81. The normalized spacial score (nSPS) is 24.4. The van der Waals surface area contributed by atoms with Gasteiger partial charge in [-0.2, -0.15) is 0 Å². The highest BCUT2D eigenvalue weighted by Gasteiger charge is 2.56. The molecule has 2 aliphatic heterocycles. The van der Waals surface area contributed by atoms with Crippen LogP contribution in [0.4, 0.5) is 0 Å². The van der Waals surface area contributed by atoms with Crippen LogP contribution in [-0.4, -0.2) is 23.9 Å². The molecule has 4 atom stereocenters. The van der Waals surface area contributed by atoms with Crippen molar-refractivity contribution in [1.82, 2.24) is 23.9 Å². The van der Waals surface area contributed by atoms with Crippen molar-refractivity contribution in [3.8, 4) is 11.1 Å². The van der Waals surface area contributed by atoms with Gasteiger partial charge in [0.05, 0.1) is 11.4 Å². The number of nitrogens with zero attached hydrogens (tertiary/aromatic N) is 5. The van der Waals surface area contributed by atoms with Gasteiger partial charge in [-0.1, -0.05) is 48.5 Å². The zero-order valence-electron chi connectivity index (χ0n) is 16.1. The monoisotopic (exact) mass is 395 g/mol. The molecule has 2 unspecified atom stereocenters. The smallest absolute Gasteiger partial charge is 0.255 e. The quantitative estimate of drug-likeness (QED) is 0.457. The van der Waals surface area contributed by atoms with E-state index in [1.807, 2.05) is 12.1 Å². The van der Waals surface area contributed by atoms with E-state index < -0.39 is 0 Å². The Labute approximate surface area is 170 Å². The predicted molar refractivity (Wildman–Crippen MR) is 110 cm³/mol. The topological polar surface area (TPSA) is 74.7 Å². The Morgan fingerprint density at radius 3 is 1.60 bits per heavy atom. The van der Waals surface area contributed by atoms with Gasteiger partial charge in [0.2, 0.25) is 0 Å². The van der Waals surface area contributed by atoms with Crippen LogP contribution < -0.4 is 11.4 Å². The second-order valence-electron chi connectivity index (χ2n) is 8.26. The maximum absolute atomic E-state index is 13.1. The van der Waals surface area contributed by atoms with Gasteiger partial charge in [0.1, 0.15) is 12.1 Å². The lowest BCUT2D eigenvalue weighted by Crippen LogP contribution is -2.52. The van der Waals surface area contributed by atoms with Crippen molar-refractivity contribution in [1.29, 1.82) is 0 Å². The number of fused-ring (bicyclic) bond motifs is 3. The second-order valence-corrected chi connectivity index (χ2v) is 8.26. The summed E-state index contributed by atoms with van der Waals surface area (Å²) in [6.45, 7) is 0. The third kappa shape index (κ3) is 1.65. The molecule has 0 radical (unpaired) electrons. The van der Waals surface area contributed by atoms with Gasteiger partial charge in [-0.15, -0.1) is 0 Å². The highest BCUT2D eigenvalue weighted by Crippen LogP contribution is 2.62. The molecule has 0 saturated carbocycles. The third-order valence-electron chi connectivity index (χ3n) is 7.04. The van der Waals surface area contributed by atoms with E-state index in [9.17, 15) is 9.59 Å². The van der Waals surface area contributed by atoms with E-state index in [-0.39, 0.29) is 35.3 Å². The SMILES string of the molecule is Cn1c(=O)n2n(c1=O)C1c3nccnc3C2[C@H]2c3ccccc3-c3ccccc3[C@@H]12. The van der Waals surface area contributed by atoms with Crippen molar-refractivity contribution in [2.45, 2.75) is 23.9 Å². The largest absolute Gasteiger partial charge is 0.347 e. The zero-order chi connectivity index (χ0) is 20.1. The molecular formula is C23H17N5O2. The summed E-state index contributed by atoms with van der Waals surface area (Å²) in [5.41, 5.74) is 5.75. The first kappa shape index (κ1) is 16.1. The maximum Gasteiger partial charge on any atom is 0.347 e. The molecule has 0 amide bonds. The van der Waals surface area contributed by atoms with E-state index >= 15 is 0 Å². The summed E-state index contributed by atoms with van der Waals surface area (Å²) in [6.07, 6.45) is 3.35. The molecule has 0 N–H and O–H groups in total. The Morgan fingerprint density at radius 1 is 0.700 bits per heavy atom. The number of benzene rings is 2. The van der Waals surface area contributed by atoms with E-state index in [0.717, 1.165) is 11.4 Å². The van der Waals surface area contributed by atoms with Gasteiger partial charge in [-0.25, -0.2) is 23.5 Å². The number of rotatable bonds is 0. The minimum Gasteiger partial charge on any atom is -0.255 e. The number of hydrogen-bond donors (Lipinski definition) is 0. The van der Waals surface area contributed by atoms with Crippen LogP contribution in [0, 0.1) is 0 Å². The molecule has 2 aromatic heterocycles. The molecule has 7 heteroatoms. The minimum absolute atomic E-state index is 0.00444. The summed E-state index contributed by atoms with van der Waals surface area (Å²) >= 11 is 0. The van der Waals surface area contributed by atoms with Crippen LogP contribution in [0.2, 0.25) is 0 Å². The molecule has 4 aliphatic rings. The van der Waals surface area contributed by atoms with Gasteiger partial charge in [0.15, 0.2) is 0 Å². The van der Waals surface area contributed by atoms with Crippen LogP contribution in [0.3, 0.4) is 0 Å². The van der Waals surface area contributed by atoms with E-state index in [1.165, 1.54) is 26.8 Å². The van der Waals surface area contributed by atoms with Gasteiger partial charge in [0.25, 0.3) is 0 Å². The Hall–Kier alpha value is -3.74. The highest BCUT2D eigenvalue weighted by atomic mass is 16.2. The third-order valence-corrected chi connectivity index (χ3v) is 7.04. The lowest BCUT2D eigenvalue weighted by Gasteiger charge is -2.51. The van der Waals surface area contributed by atoms with Gasteiger partial charge in [-0.05, 0) is 22.3 Å². The van der Waals surface area contributed by atoms with Crippen LogP contribution in [0.25, 0.3) is 11.1 Å². The fourth-order valence-electron chi connectivity index (χ4n) is 5.96. The predicted octanol–water partition coefficient (Wildman–Crippen LogP) is 2.19. The van der Waals surface area contributed by atoms with E-state index in [4.69, 9.17) is 0 Å². The molecule has 8 rings (SSSR count). The van der Waals surface area contributed by atoms with Crippen molar-refractivity contribution in [3.05, 3.63) is 104 Å². The Bertz CT molecular complexity index is 1380. The summed E-state index contributed by atoms with van der Waals surface area (Å²) in [7, 11) is 1.54. The molecule has 0 spiro atoms. The molecule has 7 nitrogen and oxygen atoms in total. The van der Waals surface area contributed by atoms with Crippen molar-refractivity contribution in [2.24, 2.45) is 7.05 Å².